The predicted octanol–water partition coefficient (Wildman–Crippen LogP) is 2.94. The van der Waals surface area contributed by atoms with Crippen LogP contribution in [-0.4, -0.2) is 32.8 Å². The second kappa shape index (κ2) is 10.5. The summed E-state index contributed by atoms with van der Waals surface area (Å²) in [6, 6.07) is 14.2. The number of para-hydroxylation sites is 2. The van der Waals surface area contributed by atoms with Gasteiger partial charge in [0.25, 0.3) is 5.91 Å². The fourth-order valence-corrected chi connectivity index (χ4v) is 2.37. The standard InChI is InChI=1S/C21H22N2O5/c1-3-26-20-13-15(12-16(14-22)21(23)24)8-9-19(20)28-11-10-27-18-7-5-4-6-17(18)25-2/h4-9,12-13H,3,10-11H2,1-2H3,(H2,23,24)/b16-12+. The lowest BCUT2D eigenvalue weighted by Gasteiger charge is -2.14. The van der Waals surface area contributed by atoms with E-state index in [1.165, 1.54) is 6.08 Å². The molecule has 0 unspecified atom stereocenters. The highest BCUT2D eigenvalue weighted by Gasteiger charge is 2.09. The van der Waals surface area contributed by atoms with Gasteiger partial charge in [0.2, 0.25) is 0 Å². The van der Waals surface area contributed by atoms with E-state index in [1.807, 2.05) is 31.2 Å². The summed E-state index contributed by atoms with van der Waals surface area (Å²) in [6.45, 7) is 2.88. The normalized spacial score (nSPS) is 10.7. The zero-order chi connectivity index (χ0) is 20.4. The fraction of sp³-hybridized carbons (Fsp3) is 0.238. The Morgan fingerprint density at radius 2 is 1.68 bits per heavy atom. The molecule has 0 saturated heterocycles. The molecule has 7 nitrogen and oxygen atoms in total. The number of primary amides is 1. The molecule has 0 saturated carbocycles. The minimum absolute atomic E-state index is 0.138. The number of hydrogen-bond donors (Lipinski definition) is 1. The van der Waals surface area contributed by atoms with E-state index >= 15 is 0 Å². The monoisotopic (exact) mass is 382 g/mol. The quantitative estimate of drug-likeness (QED) is 0.385. The van der Waals surface area contributed by atoms with Gasteiger partial charge in [0.15, 0.2) is 23.0 Å². The van der Waals surface area contributed by atoms with Crippen molar-refractivity contribution in [3.8, 4) is 29.1 Å². The van der Waals surface area contributed by atoms with Crippen molar-refractivity contribution in [1.29, 1.82) is 5.26 Å². The Labute approximate surface area is 163 Å². The number of benzene rings is 2. The maximum atomic E-state index is 11.2. The van der Waals surface area contributed by atoms with Gasteiger partial charge < -0.3 is 24.7 Å². The van der Waals surface area contributed by atoms with Gasteiger partial charge in [-0.3, -0.25) is 4.79 Å². The van der Waals surface area contributed by atoms with Crippen molar-refractivity contribution < 1.29 is 23.7 Å². The zero-order valence-electron chi connectivity index (χ0n) is 15.8. The van der Waals surface area contributed by atoms with E-state index in [9.17, 15) is 4.79 Å². The van der Waals surface area contributed by atoms with E-state index in [4.69, 9.17) is 29.9 Å². The molecule has 2 rings (SSSR count). The van der Waals surface area contributed by atoms with Crippen LogP contribution in [0.15, 0.2) is 48.0 Å². The highest BCUT2D eigenvalue weighted by Crippen LogP contribution is 2.30. The molecular weight excluding hydrogens is 360 g/mol. The largest absolute Gasteiger partial charge is 0.493 e. The summed E-state index contributed by atoms with van der Waals surface area (Å²) in [6.07, 6.45) is 1.40. The van der Waals surface area contributed by atoms with E-state index in [2.05, 4.69) is 0 Å². The molecule has 0 radical (unpaired) electrons. The van der Waals surface area contributed by atoms with E-state index in [0.717, 1.165) is 0 Å². The Hall–Kier alpha value is -3.66. The lowest BCUT2D eigenvalue weighted by atomic mass is 10.1. The second-order valence-electron chi connectivity index (χ2n) is 5.52. The third kappa shape index (κ3) is 5.68. The van der Waals surface area contributed by atoms with Crippen molar-refractivity contribution in [2.75, 3.05) is 26.9 Å². The van der Waals surface area contributed by atoms with Gasteiger partial charge in [0, 0.05) is 0 Å². The van der Waals surface area contributed by atoms with E-state index in [-0.39, 0.29) is 12.2 Å². The molecule has 146 valence electrons. The molecule has 1 amide bonds. The molecule has 0 bridgehead atoms. The Balaban J connectivity index is 2.04. The molecule has 28 heavy (non-hydrogen) atoms. The number of nitrogens with zero attached hydrogens (tertiary/aromatic N) is 1. The molecule has 0 atom stereocenters. The van der Waals surface area contributed by atoms with Gasteiger partial charge in [-0.15, -0.1) is 0 Å². The maximum absolute atomic E-state index is 11.2. The molecule has 0 aliphatic heterocycles. The van der Waals surface area contributed by atoms with Crippen LogP contribution in [0, 0.1) is 11.3 Å². The number of carbonyl (C=O) groups is 1. The van der Waals surface area contributed by atoms with Gasteiger partial charge in [0.1, 0.15) is 24.9 Å². The minimum Gasteiger partial charge on any atom is -0.493 e. The summed E-state index contributed by atoms with van der Waals surface area (Å²) in [5.74, 6) is 1.52. The first-order chi connectivity index (χ1) is 13.6. The van der Waals surface area contributed by atoms with Crippen LogP contribution in [0.25, 0.3) is 6.08 Å². The SMILES string of the molecule is CCOc1cc(/C=C(\C#N)C(N)=O)ccc1OCCOc1ccccc1OC. The van der Waals surface area contributed by atoms with E-state index in [0.29, 0.717) is 41.8 Å². The van der Waals surface area contributed by atoms with Crippen LogP contribution in [0.4, 0.5) is 0 Å². The lowest BCUT2D eigenvalue weighted by molar-refractivity contribution is -0.114. The summed E-state index contributed by atoms with van der Waals surface area (Å²) in [7, 11) is 1.58. The molecule has 7 heteroatoms. The van der Waals surface area contributed by atoms with Crippen LogP contribution in [0.1, 0.15) is 12.5 Å². The van der Waals surface area contributed by atoms with Gasteiger partial charge in [-0.05, 0) is 42.8 Å². The Morgan fingerprint density at radius 1 is 1.04 bits per heavy atom. The smallest absolute Gasteiger partial charge is 0.259 e. The van der Waals surface area contributed by atoms with Gasteiger partial charge in [-0.2, -0.15) is 5.26 Å². The van der Waals surface area contributed by atoms with Crippen molar-refractivity contribution in [3.63, 3.8) is 0 Å². The van der Waals surface area contributed by atoms with Crippen molar-refractivity contribution in [2.45, 2.75) is 6.92 Å². The molecule has 0 aliphatic carbocycles. The van der Waals surface area contributed by atoms with E-state index < -0.39 is 5.91 Å². The van der Waals surface area contributed by atoms with Crippen LogP contribution in [0.5, 0.6) is 23.0 Å². The van der Waals surface area contributed by atoms with Crippen LogP contribution in [0.2, 0.25) is 0 Å². The Bertz CT molecular complexity index is 887. The number of ether oxygens (including phenoxy) is 4. The summed E-state index contributed by atoms with van der Waals surface area (Å²) >= 11 is 0. The van der Waals surface area contributed by atoms with Gasteiger partial charge in [0.05, 0.1) is 13.7 Å². The molecule has 0 aromatic heterocycles. The van der Waals surface area contributed by atoms with Crippen molar-refractivity contribution in [1.82, 2.24) is 0 Å². The van der Waals surface area contributed by atoms with Crippen molar-refractivity contribution >= 4 is 12.0 Å². The molecule has 0 fully saturated rings. The van der Waals surface area contributed by atoms with Gasteiger partial charge >= 0.3 is 0 Å². The zero-order valence-corrected chi connectivity index (χ0v) is 15.8. The second-order valence-corrected chi connectivity index (χ2v) is 5.52. The molecule has 0 heterocycles. The first kappa shape index (κ1) is 20.6. The van der Waals surface area contributed by atoms with Gasteiger partial charge in [-0.25, -0.2) is 0 Å². The number of rotatable bonds is 10. The molecule has 0 spiro atoms. The lowest BCUT2D eigenvalue weighted by Crippen LogP contribution is -2.12. The topological polar surface area (TPSA) is 104 Å². The Kier molecular flexibility index (Phi) is 7.73. The summed E-state index contributed by atoms with van der Waals surface area (Å²) in [4.78, 5) is 11.2. The third-order valence-electron chi connectivity index (χ3n) is 3.63. The summed E-state index contributed by atoms with van der Waals surface area (Å²) < 4.78 is 22.3. The molecule has 2 N–H and O–H groups in total. The number of hydrogen-bond acceptors (Lipinski definition) is 6. The van der Waals surface area contributed by atoms with Crippen LogP contribution < -0.4 is 24.7 Å². The average molecular weight is 382 g/mol. The Morgan fingerprint density at radius 3 is 2.25 bits per heavy atom. The summed E-state index contributed by atoms with van der Waals surface area (Å²) in [5.41, 5.74) is 5.63. The van der Waals surface area contributed by atoms with Crippen molar-refractivity contribution in [2.24, 2.45) is 5.73 Å². The number of methoxy groups -OCH3 is 1. The molecule has 2 aromatic rings. The van der Waals surface area contributed by atoms with Gasteiger partial charge in [-0.1, -0.05) is 18.2 Å². The van der Waals surface area contributed by atoms with Crippen LogP contribution >= 0.6 is 0 Å². The number of amides is 1. The van der Waals surface area contributed by atoms with Crippen LogP contribution in [-0.2, 0) is 4.79 Å². The number of nitriles is 1. The van der Waals surface area contributed by atoms with Crippen LogP contribution in [0.3, 0.4) is 0 Å². The highest BCUT2D eigenvalue weighted by molar-refractivity contribution is 6.00. The summed E-state index contributed by atoms with van der Waals surface area (Å²) in [5, 5.41) is 8.96. The fourth-order valence-electron chi connectivity index (χ4n) is 2.37. The molecule has 0 aliphatic rings. The molecular formula is C21H22N2O5. The first-order valence-corrected chi connectivity index (χ1v) is 8.66. The maximum Gasteiger partial charge on any atom is 0.259 e. The molecule has 2 aromatic carbocycles. The van der Waals surface area contributed by atoms with Crippen molar-refractivity contribution in [3.05, 3.63) is 53.6 Å². The highest BCUT2D eigenvalue weighted by atomic mass is 16.5. The predicted molar refractivity (Wildman–Crippen MR) is 104 cm³/mol. The number of nitrogens with two attached hydrogens (primary N) is 1. The number of carbonyl (C=O) groups excluding carboxylic acids is 1. The average Bonchev–Trinajstić information content (AvgIpc) is 2.70. The third-order valence-corrected chi connectivity index (χ3v) is 3.63. The minimum atomic E-state index is -0.783. The first-order valence-electron chi connectivity index (χ1n) is 8.66. The van der Waals surface area contributed by atoms with E-state index in [1.54, 1.807) is 31.4 Å².